The molecule has 6 nitrogen and oxygen atoms in total. The fourth-order valence-corrected chi connectivity index (χ4v) is 4.34. The molecule has 0 radical (unpaired) electrons. The second-order valence-electron chi connectivity index (χ2n) is 6.89. The van der Waals surface area contributed by atoms with Gasteiger partial charge in [0.1, 0.15) is 19.0 Å². The highest BCUT2D eigenvalue weighted by molar-refractivity contribution is 8.00. The number of piperazine rings is 1. The standard InChI is InChI=1S/C21H20ClFN2O4S/c22-14-1-3-17(23)16(11-14)21(27)25-7-5-24(6-8-25)20(26)13-30-15-2-4-18-19(12-15)29-10-9-28-18/h1-4,11-12H,5-10,13H2. The fourth-order valence-electron chi connectivity index (χ4n) is 3.34. The Morgan fingerprint density at radius 1 is 0.967 bits per heavy atom. The van der Waals surface area contributed by atoms with Crippen molar-refractivity contribution in [2.45, 2.75) is 4.90 Å². The Bertz CT molecular complexity index is 966. The Morgan fingerprint density at radius 2 is 1.67 bits per heavy atom. The van der Waals surface area contributed by atoms with E-state index in [2.05, 4.69) is 0 Å². The molecule has 0 atom stereocenters. The zero-order chi connectivity index (χ0) is 21.1. The predicted octanol–water partition coefficient (Wildman–Crippen LogP) is 3.33. The summed E-state index contributed by atoms with van der Waals surface area (Å²) in [6.07, 6.45) is 0. The number of carbonyl (C=O) groups is 2. The summed E-state index contributed by atoms with van der Waals surface area (Å²) in [5, 5.41) is 0.310. The molecule has 2 amide bonds. The number of hydrogen-bond donors (Lipinski definition) is 0. The summed E-state index contributed by atoms with van der Waals surface area (Å²) in [6.45, 7) is 2.58. The van der Waals surface area contributed by atoms with Gasteiger partial charge in [-0.3, -0.25) is 9.59 Å². The van der Waals surface area contributed by atoms with Crippen molar-refractivity contribution in [1.82, 2.24) is 9.80 Å². The first-order valence-electron chi connectivity index (χ1n) is 9.56. The second kappa shape index (κ2) is 9.14. The number of nitrogens with zero attached hydrogens (tertiary/aromatic N) is 2. The molecule has 4 rings (SSSR count). The molecule has 2 aliphatic rings. The van der Waals surface area contributed by atoms with E-state index in [4.69, 9.17) is 21.1 Å². The van der Waals surface area contributed by atoms with E-state index in [-0.39, 0.29) is 17.2 Å². The summed E-state index contributed by atoms with van der Waals surface area (Å²) in [4.78, 5) is 29.4. The average molecular weight is 451 g/mol. The van der Waals surface area contributed by atoms with Crippen molar-refractivity contribution in [2.75, 3.05) is 45.1 Å². The highest BCUT2D eigenvalue weighted by Gasteiger charge is 2.26. The van der Waals surface area contributed by atoms with Crippen LogP contribution >= 0.6 is 23.4 Å². The average Bonchev–Trinajstić information content (AvgIpc) is 2.78. The van der Waals surface area contributed by atoms with E-state index < -0.39 is 11.7 Å². The summed E-state index contributed by atoms with van der Waals surface area (Å²) in [6, 6.07) is 9.56. The molecule has 0 aliphatic carbocycles. The molecule has 2 aliphatic heterocycles. The number of halogens is 2. The van der Waals surface area contributed by atoms with Crippen LogP contribution in [-0.4, -0.2) is 66.8 Å². The van der Waals surface area contributed by atoms with Gasteiger partial charge in [-0.2, -0.15) is 0 Å². The maximum absolute atomic E-state index is 14.0. The topological polar surface area (TPSA) is 59.1 Å². The molecule has 0 bridgehead atoms. The predicted molar refractivity (Wildman–Crippen MR) is 112 cm³/mol. The molecule has 0 saturated carbocycles. The van der Waals surface area contributed by atoms with Crippen molar-refractivity contribution in [1.29, 1.82) is 0 Å². The number of rotatable bonds is 4. The highest BCUT2D eigenvalue weighted by atomic mass is 35.5. The molecule has 0 N–H and O–H groups in total. The van der Waals surface area contributed by atoms with Gasteiger partial charge in [-0.1, -0.05) is 11.6 Å². The first-order chi connectivity index (χ1) is 14.5. The van der Waals surface area contributed by atoms with Gasteiger partial charge in [0.25, 0.3) is 5.91 Å². The van der Waals surface area contributed by atoms with Gasteiger partial charge in [0.15, 0.2) is 11.5 Å². The summed E-state index contributed by atoms with van der Waals surface area (Å²) >= 11 is 7.31. The largest absolute Gasteiger partial charge is 0.486 e. The maximum Gasteiger partial charge on any atom is 0.257 e. The minimum absolute atomic E-state index is 0.00377. The van der Waals surface area contributed by atoms with Crippen LogP contribution in [0.5, 0.6) is 11.5 Å². The number of hydrogen-bond acceptors (Lipinski definition) is 5. The van der Waals surface area contributed by atoms with Crippen molar-refractivity contribution in [3.63, 3.8) is 0 Å². The number of carbonyl (C=O) groups excluding carboxylic acids is 2. The Morgan fingerprint density at radius 3 is 2.43 bits per heavy atom. The Labute approximate surface area is 182 Å². The van der Waals surface area contributed by atoms with E-state index in [1.807, 2.05) is 18.2 Å². The molecule has 158 valence electrons. The second-order valence-corrected chi connectivity index (χ2v) is 8.38. The van der Waals surface area contributed by atoms with Gasteiger partial charge < -0.3 is 19.3 Å². The van der Waals surface area contributed by atoms with Crippen LogP contribution in [0.2, 0.25) is 5.02 Å². The van der Waals surface area contributed by atoms with Crippen LogP contribution in [0.4, 0.5) is 4.39 Å². The third-order valence-electron chi connectivity index (χ3n) is 4.95. The molecule has 1 fully saturated rings. The van der Waals surface area contributed by atoms with Crippen LogP contribution < -0.4 is 9.47 Å². The van der Waals surface area contributed by atoms with Crippen LogP contribution in [0, 0.1) is 5.82 Å². The van der Waals surface area contributed by atoms with Gasteiger partial charge in [0.2, 0.25) is 5.91 Å². The molecule has 1 saturated heterocycles. The summed E-state index contributed by atoms with van der Waals surface area (Å²) in [7, 11) is 0. The van der Waals surface area contributed by atoms with E-state index in [9.17, 15) is 14.0 Å². The number of ether oxygens (including phenoxy) is 2. The van der Waals surface area contributed by atoms with E-state index in [1.165, 1.54) is 30.0 Å². The smallest absolute Gasteiger partial charge is 0.257 e. The lowest BCUT2D eigenvalue weighted by Crippen LogP contribution is -2.51. The van der Waals surface area contributed by atoms with Crippen molar-refractivity contribution < 1.29 is 23.5 Å². The van der Waals surface area contributed by atoms with Crippen molar-refractivity contribution in [3.05, 3.63) is 52.8 Å². The molecule has 2 heterocycles. The zero-order valence-corrected chi connectivity index (χ0v) is 17.7. The van der Waals surface area contributed by atoms with E-state index >= 15 is 0 Å². The monoisotopic (exact) mass is 450 g/mol. The molecule has 9 heteroatoms. The zero-order valence-electron chi connectivity index (χ0n) is 16.1. The minimum Gasteiger partial charge on any atom is -0.486 e. The Hall–Kier alpha value is -2.45. The summed E-state index contributed by atoms with van der Waals surface area (Å²) in [5.74, 6) is 0.687. The molecule has 2 aromatic rings. The van der Waals surface area contributed by atoms with Gasteiger partial charge in [0.05, 0.1) is 11.3 Å². The first-order valence-corrected chi connectivity index (χ1v) is 10.9. The first kappa shape index (κ1) is 20.8. The molecule has 30 heavy (non-hydrogen) atoms. The molecule has 0 spiro atoms. The van der Waals surface area contributed by atoms with Gasteiger partial charge >= 0.3 is 0 Å². The van der Waals surface area contributed by atoms with Gasteiger partial charge in [-0.15, -0.1) is 11.8 Å². The molecular weight excluding hydrogens is 431 g/mol. The van der Waals surface area contributed by atoms with E-state index in [0.29, 0.717) is 55.9 Å². The van der Waals surface area contributed by atoms with E-state index in [0.717, 1.165) is 4.90 Å². The number of amides is 2. The number of fused-ring (bicyclic) bond motifs is 1. The minimum atomic E-state index is -0.598. The molecule has 0 unspecified atom stereocenters. The van der Waals surface area contributed by atoms with Crippen LogP contribution in [0.1, 0.15) is 10.4 Å². The summed E-state index contributed by atoms with van der Waals surface area (Å²) in [5.41, 5.74) is -0.0450. The third kappa shape index (κ3) is 4.65. The van der Waals surface area contributed by atoms with Crippen molar-refractivity contribution >= 4 is 35.2 Å². The molecular formula is C21H20ClFN2O4S. The van der Waals surface area contributed by atoms with Gasteiger partial charge in [-0.25, -0.2) is 4.39 Å². The number of thioether (sulfide) groups is 1. The maximum atomic E-state index is 14.0. The lowest BCUT2D eigenvalue weighted by atomic mass is 10.1. The normalized spacial score (nSPS) is 15.8. The van der Waals surface area contributed by atoms with Crippen LogP contribution in [0.15, 0.2) is 41.3 Å². The van der Waals surface area contributed by atoms with E-state index in [1.54, 1.807) is 9.80 Å². The SMILES string of the molecule is O=C(CSc1ccc2c(c1)OCCO2)N1CCN(C(=O)c2cc(Cl)ccc2F)CC1. The number of benzene rings is 2. The third-order valence-corrected chi connectivity index (χ3v) is 6.17. The summed E-state index contributed by atoms with van der Waals surface area (Å²) < 4.78 is 25.0. The van der Waals surface area contributed by atoms with Gasteiger partial charge in [-0.05, 0) is 36.4 Å². The van der Waals surface area contributed by atoms with Crippen molar-refractivity contribution in [3.8, 4) is 11.5 Å². The quantitative estimate of drug-likeness (QED) is 0.669. The van der Waals surface area contributed by atoms with Gasteiger partial charge in [0, 0.05) is 36.1 Å². The fraction of sp³-hybridized carbons (Fsp3) is 0.333. The highest BCUT2D eigenvalue weighted by Crippen LogP contribution is 2.34. The van der Waals surface area contributed by atoms with Crippen LogP contribution in [0.25, 0.3) is 0 Å². The Balaban J connectivity index is 1.29. The lowest BCUT2D eigenvalue weighted by Gasteiger charge is -2.35. The molecule has 0 aromatic heterocycles. The van der Waals surface area contributed by atoms with Crippen LogP contribution in [-0.2, 0) is 4.79 Å². The van der Waals surface area contributed by atoms with Crippen molar-refractivity contribution in [2.24, 2.45) is 0 Å². The lowest BCUT2D eigenvalue weighted by molar-refractivity contribution is -0.129. The van der Waals surface area contributed by atoms with Crippen LogP contribution in [0.3, 0.4) is 0 Å². The molecule has 2 aromatic carbocycles. The Kier molecular flexibility index (Phi) is 6.34.